The van der Waals surface area contributed by atoms with E-state index in [2.05, 4.69) is 16.0 Å². The van der Waals surface area contributed by atoms with Gasteiger partial charge in [-0.1, -0.05) is 18.2 Å². The number of urea groups is 1. The van der Waals surface area contributed by atoms with Crippen LogP contribution in [0.5, 0.6) is 0 Å². The number of carbonyl (C=O) groups excluding carboxylic acids is 2. The molecule has 1 aliphatic rings. The molecular formula is C14H19N3O2. The molecule has 19 heavy (non-hydrogen) atoms. The zero-order valence-corrected chi connectivity index (χ0v) is 11.2. The van der Waals surface area contributed by atoms with Gasteiger partial charge in [0, 0.05) is 11.7 Å². The minimum absolute atomic E-state index is 0.0871. The predicted molar refractivity (Wildman–Crippen MR) is 74.1 cm³/mol. The monoisotopic (exact) mass is 261 g/mol. The summed E-state index contributed by atoms with van der Waals surface area (Å²) in [6, 6.07) is 5.77. The Morgan fingerprint density at radius 3 is 2.42 bits per heavy atom. The highest BCUT2D eigenvalue weighted by Crippen LogP contribution is 2.19. The molecule has 0 heterocycles. The summed E-state index contributed by atoms with van der Waals surface area (Å²) in [6.07, 6.45) is 2.00. The molecule has 0 unspecified atom stereocenters. The number of hydrogen-bond acceptors (Lipinski definition) is 3. The van der Waals surface area contributed by atoms with Crippen molar-refractivity contribution >= 4 is 17.6 Å². The van der Waals surface area contributed by atoms with E-state index in [1.807, 2.05) is 32.0 Å². The zero-order valence-electron chi connectivity index (χ0n) is 11.2. The van der Waals surface area contributed by atoms with Crippen molar-refractivity contribution in [2.45, 2.75) is 32.7 Å². The summed E-state index contributed by atoms with van der Waals surface area (Å²) in [5.74, 6) is -0.333. The maximum absolute atomic E-state index is 11.6. The lowest BCUT2D eigenvalue weighted by atomic mass is 10.1. The Hall–Kier alpha value is -2.04. The minimum atomic E-state index is -0.407. The molecule has 3 amide bonds. The van der Waals surface area contributed by atoms with Crippen molar-refractivity contribution in [2.24, 2.45) is 0 Å². The number of benzene rings is 1. The molecule has 1 aromatic carbocycles. The molecule has 1 aromatic rings. The molecule has 102 valence electrons. The van der Waals surface area contributed by atoms with Crippen LogP contribution in [-0.4, -0.2) is 24.5 Å². The largest absolute Gasteiger partial charge is 0.376 e. The van der Waals surface area contributed by atoms with Gasteiger partial charge >= 0.3 is 6.03 Å². The second-order valence-electron chi connectivity index (χ2n) is 4.92. The van der Waals surface area contributed by atoms with E-state index in [-0.39, 0.29) is 18.5 Å². The first-order valence-electron chi connectivity index (χ1n) is 6.46. The summed E-state index contributed by atoms with van der Waals surface area (Å²) in [4.78, 5) is 23.0. The number of amides is 3. The molecule has 1 saturated carbocycles. The second-order valence-corrected chi connectivity index (χ2v) is 4.92. The predicted octanol–water partition coefficient (Wildman–Crippen LogP) is 1.70. The van der Waals surface area contributed by atoms with Gasteiger partial charge in [0.25, 0.3) is 0 Å². The second kappa shape index (κ2) is 5.73. The normalized spacial score (nSPS) is 13.8. The van der Waals surface area contributed by atoms with Crippen molar-refractivity contribution in [3.05, 3.63) is 29.3 Å². The summed E-state index contributed by atoms with van der Waals surface area (Å²) >= 11 is 0. The van der Waals surface area contributed by atoms with Gasteiger partial charge in [-0.25, -0.2) is 4.79 Å². The number of anilines is 1. The van der Waals surface area contributed by atoms with Crippen LogP contribution in [0.4, 0.5) is 10.5 Å². The van der Waals surface area contributed by atoms with E-state index in [4.69, 9.17) is 0 Å². The van der Waals surface area contributed by atoms with E-state index in [0.717, 1.165) is 29.7 Å². The Kier molecular flexibility index (Phi) is 4.04. The molecule has 1 fully saturated rings. The van der Waals surface area contributed by atoms with Gasteiger partial charge in [-0.2, -0.15) is 0 Å². The van der Waals surface area contributed by atoms with Gasteiger partial charge in [-0.3, -0.25) is 10.1 Å². The van der Waals surface area contributed by atoms with Crippen molar-refractivity contribution in [2.75, 3.05) is 11.9 Å². The van der Waals surface area contributed by atoms with E-state index in [1.54, 1.807) is 0 Å². The molecule has 0 saturated heterocycles. The summed E-state index contributed by atoms with van der Waals surface area (Å²) in [7, 11) is 0. The van der Waals surface area contributed by atoms with Crippen LogP contribution in [-0.2, 0) is 4.79 Å². The fourth-order valence-electron chi connectivity index (χ4n) is 1.88. The Morgan fingerprint density at radius 2 is 1.84 bits per heavy atom. The third kappa shape index (κ3) is 3.98. The highest BCUT2D eigenvalue weighted by molar-refractivity contribution is 5.96. The summed E-state index contributed by atoms with van der Waals surface area (Å²) < 4.78 is 0. The molecule has 3 N–H and O–H groups in total. The molecular weight excluding hydrogens is 242 g/mol. The Balaban J connectivity index is 1.80. The van der Waals surface area contributed by atoms with Crippen molar-refractivity contribution in [3.63, 3.8) is 0 Å². The van der Waals surface area contributed by atoms with Gasteiger partial charge in [0.05, 0.1) is 6.54 Å². The highest BCUT2D eigenvalue weighted by atomic mass is 16.2. The van der Waals surface area contributed by atoms with Gasteiger partial charge in [0.15, 0.2) is 0 Å². The van der Waals surface area contributed by atoms with Gasteiger partial charge in [-0.05, 0) is 37.8 Å². The molecule has 5 heteroatoms. The van der Waals surface area contributed by atoms with E-state index in [9.17, 15) is 9.59 Å². The average Bonchev–Trinajstić information content (AvgIpc) is 3.12. The van der Waals surface area contributed by atoms with Crippen LogP contribution in [0.1, 0.15) is 24.0 Å². The van der Waals surface area contributed by atoms with E-state index >= 15 is 0 Å². The summed E-state index contributed by atoms with van der Waals surface area (Å²) in [6.45, 7) is 4.05. The average molecular weight is 261 g/mol. The van der Waals surface area contributed by atoms with Gasteiger partial charge in [-0.15, -0.1) is 0 Å². The molecule has 0 aromatic heterocycles. The minimum Gasteiger partial charge on any atom is -0.376 e. The molecule has 0 atom stereocenters. The van der Waals surface area contributed by atoms with Gasteiger partial charge in [0.1, 0.15) is 0 Å². The maximum atomic E-state index is 11.6. The van der Waals surface area contributed by atoms with Crippen molar-refractivity contribution in [1.82, 2.24) is 10.6 Å². The first kappa shape index (κ1) is 13.4. The van der Waals surface area contributed by atoms with Crippen LogP contribution >= 0.6 is 0 Å². The lowest BCUT2D eigenvalue weighted by molar-refractivity contribution is -0.118. The topological polar surface area (TPSA) is 70.2 Å². The van der Waals surface area contributed by atoms with Crippen LogP contribution < -0.4 is 16.0 Å². The number of nitrogens with one attached hydrogen (secondary N) is 3. The molecule has 0 spiro atoms. The lowest BCUT2D eigenvalue weighted by Gasteiger charge is -2.12. The Morgan fingerprint density at radius 1 is 1.21 bits per heavy atom. The fourth-order valence-corrected chi connectivity index (χ4v) is 1.88. The zero-order chi connectivity index (χ0) is 13.8. The highest BCUT2D eigenvalue weighted by Gasteiger charge is 2.23. The maximum Gasteiger partial charge on any atom is 0.321 e. The van der Waals surface area contributed by atoms with Crippen LogP contribution in [0.25, 0.3) is 0 Å². The quantitative estimate of drug-likeness (QED) is 0.772. The number of rotatable bonds is 4. The third-order valence-electron chi connectivity index (χ3n) is 3.07. The van der Waals surface area contributed by atoms with Gasteiger partial charge in [0.2, 0.25) is 5.91 Å². The van der Waals surface area contributed by atoms with Crippen molar-refractivity contribution in [3.8, 4) is 0 Å². The Labute approximate surface area is 112 Å². The van der Waals surface area contributed by atoms with E-state index < -0.39 is 6.03 Å². The first-order valence-corrected chi connectivity index (χ1v) is 6.46. The van der Waals surface area contributed by atoms with Gasteiger partial charge < -0.3 is 10.6 Å². The standard InChI is InChI=1S/C14H19N3O2/c1-9-4-3-5-10(2)13(9)15-8-12(18)17-14(19)16-11-6-7-11/h3-5,11,15H,6-8H2,1-2H3,(H2,16,17,18,19). The molecule has 1 aliphatic carbocycles. The number of aryl methyl sites for hydroxylation is 2. The smallest absolute Gasteiger partial charge is 0.321 e. The van der Waals surface area contributed by atoms with Crippen LogP contribution in [0, 0.1) is 13.8 Å². The first-order chi connectivity index (χ1) is 9.06. The van der Waals surface area contributed by atoms with E-state index in [0.29, 0.717) is 0 Å². The molecule has 0 bridgehead atoms. The molecule has 0 radical (unpaired) electrons. The molecule has 5 nitrogen and oxygen atoms in total. The van der Waals surface area contributed by atoms with Crippen molar-refractivity contribution in [1.29, 1.82) is 0 Å². The number of imide groups is 1. The van der Waals surface area contributed by atoms with Crippen LogP contribution in [0.2, 0.25) is 0 Å². The fraction of sp³-hybridized carbons (Fsp3) is 0.429. The number of carbonyl (C=O) groups is 2. The third-order valence-corrected chi connectivity index (χ3v) is 3.07. The lowest BCUT2D eigenvalue weighted by Crippen LogP contribution is -2.42. The number of para-hydroxylation sites is 1. The molecule has 2 rings (SSSR count). The van der Waals surface area contributed by atoms with Crippen LogP contribution in [0.15, 0.2) is 18.2 Å². The molecule has 0 aliphatic heterocycles. The van der Waals surface area contributed by atoms with E-state index in [1.165, 1.54) is 0 Å². The van der Waals surface area contributed by atoms with Crippen LogP contribution in [0.3, 0.4) is 0 Å². The SMILES string of the molecule is Cc1cccc(C)c1NCC(=O)NC(=O)NC1CC1. The number of hydrogen-bond donors (Lipinski definition) is 3. The summed E-state index contributed by atoms with van der Waals surface area (Å²) in [5.41, 5.74) is 3.10. The Bertz CT molecular complexity index is 475. The van der Waals surface area contributed by atoms with Crippen molar-refractivity contribution < 1.29 is 9.59 Å². The summed E-state index contributed by atoms with van der Waals surface area (Å²) in [5, 5.41) is 8.08.